The Morgan fingerprint density at radius 1 is 1.04 bits per heavy atom. The number of hydrogen-bond donors (Lipinski definition) is 0. The summed E-state index contributed by atoms with van der Waals surface area (Å²) in [7, 11) is 3.21. The maximum Gasteiger partial charge on any atom is 0.141 e. The highest BCUT2D eigenvalue weighted by Gasteiger charge is 2.18. The number of imidazole rings is 1. The molecule has 0 spiro atoms. The fourth-order valence-electron chi connectivity index (χ4n) is 3.39. The Morgan fingerprint density at radius 3 is 2.46 bits per heavy atom. The largest absolute Gasteiger partial charge is 0.496 e. The van der Waals surface area contributed by atoms with Crippen LogP contribution in [0, 0.1) is 0 Å². The molecule has 1 aliphatic rings. The third-order valence-corrected chi connectivity index (χ3v) is 5.63. The van der Waals surface area contributed by atoms with Gasteiger partial charge in [-0.05, 0) is 34.8 Å². The Morgan fingerprint density at radius 2 is 1.77 bits per heavy atom. The van der Waals surface area contributed by atoms with Crippen molar-refractivity contribution in [1.82, 2.24) is 9.38 Å². The minimum absolute atomic E-state index is 0.527. The van der Waals surface area contributed by atoms with E-state index in [0.717, 1.165) is 34.5 Å². The number of pyridine rings is 1. The fraction of sp³-hybridized carbons (Fsp3) is 0.316. The Balaban J connectivity index is 1.82. The monoisotopic (exact) mass is 435 g/mol. The highest BCUT2D eigenvalue weighted by Crippen LogP contribution is 2.39. The van der Waals surface area contributed by atoms with E-state index in [1.54, 1.807) is 20.3 Å². The number of anilines is 1. The highest BCUT2D eigenvalue weighted by atomic mass is 79.9. The van der Waals surface area contributed by atoms with E-state index < -0.39 is 0 Å². The van der Waals surface area contributed by atoms with Crippen LogP contribution in [0.2, 0.25) is 5.02 Å². The summed E-state index contributed by atoms with van der Waals surface area (Å²) >= 11 is 10.0. The van der Waals surface area contributed by atoms with Crippen LogP contribution in [0.15, 0.2) is 35.1 Å². The molecular weight excluding hydrogens is 418 g/mol. The summed E-state index contributed by atoms with van der Waals surface area (Å²) < 4.78 is 13.9. The third kappa shape index (κ3) is 3.01. The van der Waals surface area contributed by atoms with Gasteiger partial charge >= 0.3 is 0 Å². The molecule has 5 nitrogen and oxygen atoms in total. The Hall–Kier alpha value is -1.92. The average molecular weight is 437 g/mol. The zero-order chi connectivity index (χ0) is 18.3. The molecule has 0 unspecified atom stereocenters. The molecule has 0 N–H and O–H groups in total. The van der Waals surface area contributed by atoms with Crippen LogP contribution < -0.4 is 14.4 Å². The van der Waals surface area contributed by atoms with Crippen molar-refractivity contribution < 1.29 is 9.47 Å². The predicted octanol–water partition coefficient (Wildman–Crippen LogP) is 5.03. The maximum absolute atomic E-state index is 6.31. The number of hydrogen-bond acceptors (Lipinski definition) is 4. The van der Waals surface area contributed by atoms with Crippen molar-refractivity contribution in [2.24, 2.45) is 0 Å². The molecule has 0 aliphatic carbocycles. The van der Waals surface area contributed by atoms with Crippen LogP contribution in [0.4, 0.5) is 5.69 Å². The summed E-state index contributed by atoms with van der Waals surface area (Å²) in [5.41, 5.74) is 3.71. The van der Waals surface area contributed by atoms with Crippen molar-refractivity contribution in [2.45, 2.75) is 12.8 Å². The molecule has 0 bridgehead atoms. The zero-order valence-electron chi connectivity index (χ0n) is 14.6. The zero-order valence-corrected chi connectivity index (χ0v) is 17.0. The molecular formula is C19H19BrClN3O2. The SMILES string of the molecule is COc1cc(OC)c(-c2cn3cc(Br)c(N4CCCC4)cc3n2)cc1Cl. The lowest BCUT2D eigenvalue weighted by molar-refractivity contribution is 0.395. The number of ether oxygens (including phenoxy) is 2. The average Bonchev–Trinajstić information content (AvgIpc) is 3.30. The van der Waals surface area contributed by atoms with Gasteiger partial charge in [0.2, 0.25) is 0 Å². The number of fused-ring (bicyclic) bond motifs is 1. The molecule has 136 valence electrons. The summed E-state index contributed by atoms with van der Waals surface area (Å²) in [5.74, 6) is 1.25. The smallest absolute Gasteiger partial charge is 0.141 e. The van der Waals surface area contributed by atoms with Gasteiger partial charge in [0.15, 0.2) is 0 Å². The van der Waals surface area contributed by atoms with Crippen molar-refractivity contribution in [3.05, 3.63) is 40.1 Å². The quantitative estimate of drug-likeness (QED) is 0.575. The third-order valence-electron chi connectivity index (χ3n) is 4.72. The molecule has 0 atom stereocenters. The van der Waals surface area contributed by atoms with Crippen molar-refractivity contribution in [3.8, 4) is 22.8 Å². The first kappa shape index (κ1) is 17.5. The van der Waals surface area contributed by atoms with E-state index in [2.05, 4.69) is 33.1 Å². The van der Waals surface area contributed by atoms with Crippen molar-refractivity contribution in [3.63, 3.8) is 0 Å². The van der Waals surface area contributed by atoms with Crippen molar-refractivity contribution in [1.29, 1.82) is 0 Å². The van der Waals surface area contributed by atoms with Gasteiger partial charge in [-0.3, -0.25) is 0 Å². The first-order valence-corrected chi connectivity index (χ1v) is 9.63. The number of halogens is 2. The summed E-state index contributed by atoms with van der Waals surface area (Å²) in [6, 6.07) is 5.74. The number of nitrogens with zero attached hydrogens (tertiary/aromatic N) is 3. The van der Waals surface area contributed by atoms with Gasteiger partial charge in [0.1, 0.15) is 17.1 Å². The second kappa shape index (κ2) is 7.00. The van der Waals surface area contributed by atoms with Crippen molar-refractivity contribution >= 4 is 38.9 Å². The van der Waals surface area contributed by atoms with Crippen LogP contribution in [-0.2, 0) is 0 Å². The number of aromatic nitrogens is 2. The molecule has 3 heterocycles. The lowest BCUT2D eigenvalue weighted by Gasteiger charge is -2.19. The number of methoxy groups -OCH3 is 2. The molecule has 26 heavy (non-hydrogen) atoms. The Kier molecular flexibility index (Phi) is 4.71. The number of benzene rings is 1. The van der Waals surface area contributed by atoms with E-state index in [-0.39, 0.29) is 0 Å². The molecule has 3 aromatic rings. The van der Waals surface area contributed by atoms with Gasteiger partial charge < -0.3 is 18.8 Å². The molecule has 1 fully saturated rings. The van der Waals surface area contributed by atoms with Gasteiger partial charge in [0.05, 0.1) is 35.1 Å². The van der Waals surface area contributed by atoms with Gasteiger partial charge in [-0.2, -0.15) is 0 Å². The van der Waals surface area contributed by atoms with E-state index in [1.807, 2.05) is 16.7 Å². The summed E-state index contributed by atoms with van der Waals surface area (Å²) in [6.45, 7) is 2.18. The lowest BCUT2D eigenvalue weighted by Crippen LogP contribution is -2.18. The minimum atomic E-state index is 0.527. The molecule has 1 saturated heterocycles. The van der Waals surface area contributed by atoms with Crippen LogP contribution in [0.3, 0.4) is 0 Å². The molecule has 7 heteroatoms. The molecule has 0 saturated carbocycles. The van der Waals surface area contributed by atoms with Gasteiger partial charge in [-0.15, -0.1) is 0 Å². The summed E-state index contributed by atoms with van der Waals surface area (Å²) in [4.78, 5) is 7.19. The fourth-order valence-corrected chi connectivity index (χ4v) is 4.21. The maximum atomic E-state index is 6.31. The van der Waals surface area contributed by atoms with E-state index >= 15 is 0 Å². The second-order valence-electron chi connectivity index (χ2n) is 6.28. The highest BCUT2D eigenvalue weighted by molar-refractivity contribution is 9.10. The molecule has 2 aromatic heterocycles. The van der Waals surface area contributed by atoms with Crippen LogP contribution in [-0.4, -0.2) is 36.7 Å². The second-order valence-corrected chi connectivity index (χ2v) is 7.54. The van der Waals surface area contributed by atoms with Crippen LogP contribution in [0.25, 0.3) is 16.9 Å². The number of rotatable bonds is 4. The van der Waals surface area contributed by atoms with E-state index in [9.17, 15) is 0 Å². The summed E-state index contributed by atoms with van der Waals surface area (Å²) in [6.07, 6.45) is 6.50. The van der Waals surface area contributed by atoms with Crippen LogP contribution in [0.5, 0.6) is 11.5 Å². The molecule has 4 rings (SSSR count). The molecule has 1 aliphatic heterocycles. The minimum Gasteiger partial charge on any atom is -0.496 e. The Bertz CT molecular complexity index is 967. The Labute approximate surface area is 165 Å². The predicted molar refractivity (Wildman–Crippen MR) is 108 cm³/mol. The molecule has 0 amide bonds. The van der Waals surface area contributed by atoms with E-state index in [1.165, 1.54) is 18.5 Å². The van der Waals surface area contributed by atoms with E-state index in [0.29, 0.717) is 16.5 Å². The van der Waals surface area contributed by atoms with Gasteiger partial charge in [0.25, 0.3) is 0 Å². The van der Waals surface area contributed by atoms with Crippen LogP contribution >= 0.6 is 27.5 Å². The topological polar surface area (TPSA) is 39.0 Å². The van der Waals surface area contributed by atoms with Gasteiger partial charge in [-0.1, -0.05) is 11.6 Å². The van der Waals surface area contributed by atoms with Gasteiger partial charge in [-0.25, -0.2) is 4.98 Å². The molecule has 1 aromatic carbocycles. The normalized spacial score (nSPS) is 14.2. The molecule has 0 radical (unpaired) electrons. The van der Waals surface area contributed by atoms with Gasteiger partial charge in [0, 0.05) is 43.2 Å². The summed E-state index contributed by atoms with van der Waals surface area (Å²) in [5, 5.41) is 0.527. The first-order valence-electron chi connectivity index (χ1n) is 8.46. The van der Waals surface area contributed by atoms with E-state index in [4.69, 9.17) is 26.1 Å². The van der Waals surface area contributed by atoms with Crippen molar-refractivity contribution in [2.75, 3.05) is 32.2 Å². The lowest BCUT2D eigenvalue weighted by atomic mass is 10.1. The van der Waals surface area contributed by atoms with Crippen LogP contribution in [0.1, 0.15) is 12.8 Å². The standard InChI is InChI=1S/C19H19BrClN3O2/c1-25-17-9-18(26-2)14(21)7-12(17)15-11-24-10-13(20)16(8-19(24)22-15)23-5-3-4-6-23/h7-11H,3-6H2,1-2H3. The first-order chi connectivity index (χ1) is 12.6.